The van der Waals surface area contributed by atoms with Gasteiger partial charge in [0.15, 0.2) is 5.16 Å². The van der Waals surface area contributed by atoms with Gasteiger partial charge in [0, 0.05) is 11.5 Å². The largest absolute Gasteiger partial charge is 0.451 e. The van der Waals surface area contributed by atoms with Crippen LogP contribution in [0.1, 0.15) is 11.4 Å². The van der Waals surface area contributed by atoms with Gasteiger partial charge < -0.3 is 9.88 Å². The number of carbonyl (C=O) groups excluding carboxylic acids is 1. The summed E-state index contributed by atoms with van der Waals surface area (Å²) in [6, 6.07) is 5.43. The van der Waals surface area contributed by atoms with Crippen LogP contribution < -0.4 is 5.32 Å². The molecule has 1 aromatic heterocycles. The minimum atomic E-state index is -4.57. The Bertz CT molecular complexity index is 732. The van der Waals surface area contributed by atoms with Gasteiger partial charge in [0.05, 0.1) is 11.4 Å². The van der Waals surface area contributed by atoms with Crippen molar-refractivity contribution < 1.29 is 18.0 Å². The highest BCUT2D eigenvalue weighted by Gasteiger charge is 2.37. The van der Waals surface area contributed by atoms with Gasteiger partial charge in [-0.1, -0.05) is 17.8 Å². The average Bonchev–Trinajstić information content (AvgIpc) is 2.81. The van der Waals surface area contributed by atoms with Crippen LogP contribution >= 0.6 is 27.7 Å². The molecule has 23 heavy (non-hydrogen) atoms. The third-order valence-corrected chi connectivity index (χ3v) is 4.50. The normalized spacial score (nSPS) is 11.6. The summed E-state index contributed by atoms with van der Waals surface area (Å²) in [6.45, 7) is 1.92. The van der Waals surface area contributed by atoms with Gasteiger partial charge in [-0.15, -0.1) is 10.2 Å². The number of carbonyl (C=O) groups is 1. The van der Waals surface area contributed by atoms with E-state index in [4.69, 9.17) is 0 Å². The fourth-order valence-electron chi connectivity index (χ4n) is 1.73. The predicted molar refractivity (Wildman–Crippen MR) is 84.2 cm³/mol. The van der Waals surface area contributed by atoms with Crippen molar-refractivity contribution in [2.24, 2.45) is 7.05 Å². The van der Waals surface area contributed by atoms with Crippen LogP contribution in [0.4, 0.5) is 18.9 Å². The molecule has 0 fully saturated rings. The lowest BCUT2D eigenvalue weighted by Gasteiger charge is -2.08. The molecule has 0 saturated heterocycles. The molecule has 0 unspecified atom stereocenters. The molecule has 0 atom stereocenters. The molecule has 1 amide bonds. The first-order valence-electron chi connectivity index (χ1n) is 6.34. The van der Waals surface area contributed by atoms with Crippen molar-refractivity contribution in [1.82, 2.24) is 14.8 Å². The molecule has 1 heterocycles. The molecule has 0 aliphatic heterocycles. The number of aryl methyl sites for hydroxylation is 1. The molecule has 1 N–H and O–H groups in total. The number of rotatable bonds is 4. The molecule has 2 rings (SSSR count). The van der Waals surface area contributed by atoms with Crippen molar-refractivity contribution in [2.45, 2.75) is 18.3 Å². The van der Waals surface area contributed by atoms with Gasteiger partial charge in [0.25, 0.3) is 0 Å². The Kier molecular flexibility index (Phi) is 5.35. The number of aromatic nitrogens is 3. The first-order valence-corrected chi connectivity index (χ1v) is 8.11. The monoisotopic (exact) mass is 408 g/mol. The fourth-order valence-corrected chi connectivity index (χ4v) is 3.03. The highest BCUT2D eigenvalue weighted by molar-refractivity contribution is 9.10. The molecular formula is C13H12BrF3N4OS. The maximum atomic E-state index is 12.6. The zero-order valence-corrected chi connectivity index (χ0v) is 14.5. The van der Waals surface area contributed by atoms with Gasteiger partial charge in [0.1, 0.15) is 0 Å². The van der Waals surface area contributed by atoms with E-state index in [0.29, 0.717) is 5.69 Å². The Balaban J connectivity index is 1.98. The Morgan fingerprint density at radius 1 is 1.39 bits per heavy atom. The summed E-state index contributed by atoms with van der Waals surface area (Å²) in [4.78, 5) is 11.9. The van der Waals surface area contributed by atoms with Crippen molar-refractivity contribution >= 4 is 39.3 Å². The second-order valence-corrected chi connectivity index (χ2v) is 6.48. The number of nitrogens with zero attached hydrogens (tertiary/aromatic N) is 3. The van der Waals surface area contributed by atoms with E-state index in [-0.39, 0.29) is 16.8 Å². The topological polar surface area (TPSA) is 59.8 Å². The van der Waals surface area contributed by atoms with E-state index in [1.165, 1.54) is 7.05 Å². The number of nitrogens with one attached hydrogen (secondary N) is 1. The summed E-state index contributed by atoms with van der Waals surface area (Å²) in [5.41, 5.74) is 1.62. The van der Waals surface area contributed by atoms with Crippen molar-refractivity contribution in [2.75, 3.05) is 11.1 Å². The molecule has 1 aromatic carbocycles. The van der Waals surface area contributed by atoms with Crippen LogP contribution in [0.15, 0.2) is 27.8 Å². The van der Waals surface area contributed by atoms with Crippen LogP contribution in [0.3, 0.4) is 0 Å². The Labute approximate surface area is 142 Å². The highest BCUT2D eigenvalue weighted by Crippen LogP contribution is 2.29. The maximum Gasteiger partial charge on any atom is 0.451 e. The lowest BCUT2D eigenvalue weighted by Crippen LogP contribution is -2.15. The number of benzene rings is 1. The molecule has 5 nitrogen and oxygen atoms in total. The Morgan fingerprint density at radius 3 is 2.65 bits per heavy atom. The van der Waals surface area contributed by atoms with E-state index in [1.54, 1.807) is 6.07 Å². The third-order valence-electron chi connectivity index (χ3n) is 2.82. The van der Waals surface area contributed by atoms with Crippen LogP contribution in [0.5, 0.6) is 0 Å². The smallest absolute Gasteiger partial charge is 0.324 e. The number of thioether (sulfide) groups is 1. The van der Waals surface area contributed by atoms with Crippen LogP contribution in [0.2, 0.25) is 0 Å². The first kappa shape index (κ1) is 17.8. The molecule has 10 heteroatoms. The molecule has 124 valence electrons. The summed E-state index contributed by atoms with van der Waals surface area (Å²) in [7, 11) is 1.21. The number of alkyl halides is 3. The number of halogens is 4. The van der Waals surface area contributed by atoms with E-state index in [2.05, 4.69) is 31.4 Å². The van der Waals surface area contributed by atoms with Gasteiger partial charge in [-0.3, -0.25) is 4.79 Å². The van der Waals surface area contributed by atoms with Gasteiger partial charge in [-0.05, 0) is 40.5 Å². The van der Waals surface area contributed by atoms with Crippen molar-refractivity contribution in [3.05, 3.63) is 34.1 Å². The second kappa shape index (κ2) is 6.91. The molecule has 0 bridgehead atoms. The second-order valence-electron chi connectivity index (χ2n) is 4.68. The zero-order valence-electron chi connectivity index (χ0n) is 12.1. The van der Waals surface area contributed by atoms with Crippen LogP contribution in [-0.2, 0) is 18.0 Å². The summed E-state index contributed by atoms with van der Waals surface area (Å²) in [6.07, 6.45) is -4.57. The first-order chi connectivity index (χ1) is 10.7. The van der Waals surface area contributed by atoms with E-state index in [1.807, 2.05) is 19.1 Å². The average molecular weight is 409 g/mol. The van der Waals surface area contributed by atoms with Crippen molar-refractivity contribution in [1.29, 1.82) is 0 Å². The van der Waals surface area contributed by atoms with E-state index < -0.39 is 12.0 Å². The van der Waals surface area contributed by atoms with Crippen LogP contribution in [0, 0.1) is 6.92 Å². The van der Waals surface area contributed by atoms with Gasteiger partial charge in [0.2, 0.25) is 11.7 Å². The standard InChI is InChI=1S/C13H12BrF3N4OS/c1-7-3-4-9(8(14)5-7)18-10(22)6-23-12-20-19-11(21(12)2)13(15,16)17/h3-5H,6H2,1-2H3,(H,18,22). The summed E-state index contributed by atoms with van der Waals surface area (Å²) >= 11 is 4.22. The Morgan fingerprint density at radius 2 is 2.09 bits per heavy atom. The van der Waals surface area contributed by atoms with Crippen LogP contribution in [0.25, 0.3) is 0 Å². The molecule has 0 aliphatic carbocycles. The number of amides is 1. The number of anilines is 1. The van der Waals surface area contributed by atoms with E-state index in [9.17, 15) is 18.0 Å². The minimum absolute atomic E-state index is 0.0236. The quantitative estimate of drug-likeness (QED) is 0.784. The number of hydrogen-bond acceptors (Lipinski definition) is 4. The van der Waals surface area contributed by atoms with Gasteiger partial charge >= 0.3 is 6.18 Å². The lowest BCUT2D eigenvalue weighted by atomic mass is 10.2. The summed E-state index contributed by atoms with van der Waals surface area (Å²) in [5, 5.41) is 9.26. The van der Waals surface area contributed by atoms with Crippen LogP contribution in [-0.4, -0.2) is 26.4 Å². The van der Waals surface area contributed by atoms with E-state index >= 15 is 0 Å². The SMILES string of the molecule is Cc1ccc(NC(=O)CSc2nnc(C(F)(F)F)n2C)c(Br)c1. The summed E-state index contributed by atoms with van der Waals surface area (Å²) in [5.74, 6) is -1.53. The minimum Gasteiger partial charge on any atom is -0.324 e. The zero-order chi connectivity index (χ0) is 17.2. The predicted octanol–water partition coefficient (Wildman–Crippen LogP) is 3.64. The molecule has 0 spiro atoms. The fraction of sp³-hybridized carbons (Fsp3) is 0.308. The van der Waals surface area contributed by atoms with E-state index in [0.717, 1.165) is 26.4 Å². The van der Waals surface area contributed by atoms with Gasteiger partial charge in [-0.25, -0.2) is 0 Å². The van der Waals surface area contributed by atoms with Crippen molar-refractivity contribution in [3.8, 4) is 0 Å². The van der Waals surface area contributed by atoms with Gasteiger partial charge in [-0.2, -0.15) is 13.2 Å². The molecule has 0 radical (unpaired) electrons. The third kappa shape index (κ3) is 4.47. The van der Waals surface area contributed by atoms with Crippen molar-refractivity contribution in [3.63, 3.8) is 0 Å². The summed E-state index contributed by atoms with van der Waals surface area (Å²) < 4.78 is 39.4. The molecule has 0 aliphatic rings. The maximum absolute atomic E-state index is 12.6. The molecule has 2 aromatic rings. The highest BCUT2D eigenvalue weighted by atomic mass is 79.9. The molecular weight excluding hydrogens is 397 g/mol. The lowest BCUT2D eigenvalue weighted by molar-refractivity contribution is -0.147. The number of hydrogen-bond donors (Lipinski definition) is 1. The molecule has 0 saturated carbocycles. The Hall–Kier alpha value is -1.55.